The van der Waals surface area contributed by atoms with Crippen molar-refractivity contribution >= 4 is 11.7 Å². The summed E-state index contributed by atoms with van der Waals surface area (Å²) in [6, 6.07) is 17.4. The number of likely N-dealkylation sites (tertiary alicyclic amines) is 1. The molecule has 0 spiro atoms. The molecule has 31 heavy (non-hydrogen) atoms. The lowest BCUT2D eigenvalue weighted by Gasteiger charge is -2.36. The molecule has 4 nitrogen and oxygen atoms in total. The van der Waals surface area contributed by atoms with Crippen LogP contribution >= 0.6 is 0 Å². The van der Waals surface area contributed by atoms with Crippen LogP contribution in [0.3, 0.4) is 0 Å². The van der Waals surface area contributed by atoms with Gasteiger partial charge in [-0.15, -0.1) is 0 Å². The first kappa shape index (κ1) is 20.6. The van der Waals surface area contributed by atoms with Crippen molar-refractivity contribution in [2.45, 2.75) is 57.4 Å². The summed E-state index contributed by atoms with van der Waals surface area (Å²) in [6.45, 7) is 4.29. The second-order valence-electron chi connectivity index (χ2n) is 9.64. The van der Waals surface area contributed by atoms with E-state index in [4.69, 9.17) is 0 Å². The quantitative estimate of drug-likeness (QED) is 0.716. The second-order valence-corrected chi connectivity index (χ2v) is 9.64. The van der Waals surface area contributed by atoms with E-state index in [0.29, 0.717) is 6.04 Å². The maximum atomic E-state index is 13.0. The number of amides is 2. The third kappa shape index (κ3) is 4.79. The Morgan fingerprint density at radius 3 is 2.42 bits per heavy atom. The van der Waals surface area contributed by atoms with Gasteiger partial charge in [0.2, 0.25) is 0 Å². The lowest BCUT2D eigenvalue weighted by Crippen LogP contribution is -2.49. The highest BCUT2D eigenvalue weighted by atomic mass is 16.2. The van der Waals surface area contributed by atoms with Crippen molar-refractivity contribution in [3.63, 3.8) is 0 Å². The molecule has 1 N–H and O–H groups in total. The van der Waals surface area contributed by atoms with E-state index in [2.05, 4.69) is 52.7 Å². The van der Waals surface area contributed by atoms with E-state index in [1.807, 2.05) is 11.0 Å². The molecule has 2 aromatic carbocycles. The standard InChI is InChI=1S/C27H35N3O/c31-27(28-25-14-16-29(17-15-25)20-21-7-3-1-4-8-21)30-18-13-24-19-23(11-12-26(24)30)22-9-5-2-6-10-22/h2,5-6,9-12,19,21,25H,1,3-4,7-8,13-18,20H2,(H,28,31). The third-order valence-corrected chi connectivity index (χ3v) is 7.48. The first-order valence-electron chi connectivity index (χ1n) is 12.2. The summed E-state index contributed by atoms with van der Waals surface area (Å²) in [5, 5.41) is 3.33. The fourth-order valence-electron chi connectivity index (χ4n) is 5.67. The van der Waals surface area contributed by atoms with Crippen molar-refractivity contribution in [1.82, 2.24) is 10.2 Å². The van der Waals surface area contributed by atoms with Gasteiger partial charge in [-0.05, 0) is 66.8 Å². The summed E-state index contributed by atoms with van der Waals surface area (Å²) in [7, 11) is 0. The van der Waals surface area contributed by atoms with Gasteiger partial charge >= 0.3 is 6.03 Å². The van der Waals surface area contributed by atoms with Crippen LogP contribution in [0.25, 0.3) is 11.1 Å². The van der Waals surface area contributed by atoms with Crippen molar-refractivity contribution in [3.8, 4) is 11.1 Å². The van der Waals surface area contributed by atoms with Crippen molar-refractivity contribution in [2.24, 2.45) is 5.92 Å². The molecule has 3 aliphatic rings. The topological polar surface area (TPSA) is 35.6 Å². The van der Waals surface area contributed by atoms with Gasteiger partial charge in [0.1, 0.15) is 0 Å². The number of nitrogens with one attached hydrogen (secondary N) is 1. The average molecular weight is 418 g/mol. The Hall–Kier alpha value is -2.33. The molecule has 0 aromatic heterocycles. The molecule has 0 bridgehead atoms. The van der Waals surface area contributed by atoms with Crippen LogP contribution in [0.15, 0.2) is 48.5 Å². The molecule has 0 unspecified atom stereocenters. The monoisotopic (exact) mass is 417 g/mol. The zero-order valence-electron chi connectivity index (χ0n) is 18.6. The maximum Gasteiger partial charge on any atom is 0.322 e. The van der Waals surface area contributed by atoms with Crippen LogP contribution in [0.1, 0.15) is 50.5 Å². The molecule has 4 heteroatoms. The second kappa shape index (κ2) is 9.44. The predicted octanol–water partition coefficient (Wildman–Crippen LogP) is 5.47. The highest BCUT2D eigenvalue weighted by Crippen LogP contribution is 2.32. The molecule has 1 saturated heterocycles. The zero-order valence-corrected chi connectivity index (χ0v) is 18.6. The summed E-state index contributed by atoms with van der Waals surface area (Å²) in [5.74, 6) is 0.904. The van der Waals surface area contributed by atoms with E-state index in [1.165, 1.54) is 55.3 Å². The van der Waals surface area contributed by atoms with Crippen molar-refractivity contribution in [1.29, 1.82) is 0 Å². The number of piperidine rings is 1. The average Bonchev–Trinajstić information content (AvgIpc) is 3.25. The number of rotatable bonds is 4. The normalized spacial score (nSPS) is 20.6. The number of fused-ring (bicyclic) bond motifs is 1. The summed E-state index contributed by atoms with van der Waals surface area (Å²) in [4.78, 5) is 17.6. The summed E-state index contributed by atoms with van der Waals surface area (Å²) < 4.78 is 0. The van der Waals surface area contributed by atoms with Crippen LogP contribution < -0.4 is 10.2 Å². The largest absolute Gasteiger partial charge is 0.335 e. The van der Waals surface area contributed by atoms with Crippen LogP contribution in [0.2, 0.25) is 0 Å². The van der Waals surface area contributed by atoms with Crippen LogP contribution in [0.5, 0.6) is 0 Å². The lowest BCUT2D eigenvalue weighted by atomic mass is 9.88. The summed E-state index contributed by atoms with van der Waals surface area (Å²) in [5.41, 5.74) is 4.81. The Morgan fingerprint density at radius 1 is 0.871 bits per heavy atom. The minimum Gasteiger partial charge on any atom is -0.335 e. The fourth-order valence-corrected chi connectivity index (χ4v) is 5.67. The lowest BCUT2D eigenvalue weighted by molar-refractivity contribution is 0.156. The van der Waals surface area contributed by atoms with Crippen LogP contribution in [-0.4, -0.2) is 43.2 Å². The fraction of sp³-hybridized carbons (Fsp3) is 0.519. The van der Waals surface area contributed by atoms with E-state index in [1.54, 1.807) is 0 Å². The molecule has 1 saturated carbocycles. The Labute approximate surface area is 186 Å². The molecule has 2 fully saturated rings. The number of nitrogens with zero attached hydrogens (tertiary/aromatic N) is 2. The van der Waals surface area contributed by atoms with Gasteiger partial charge < -0.3 is 10.2 Å². The van der Waals surface area contributed by atoms with Gasteiger partial charge in [0.25, 0.3) is 0 Å². The van der Waals surface area contributed by atoms with Gasteiger partial charge in [-0.25, -0.2) is 4.79 Å². The third-order valence-electron chi connectivity index (χ3n) is 7.48. The molecule has 0 radical (unpaired) electrons. The molecule has 2 amide bonds. The first-order valence-corrected chi connectivity index (χ1v) is 12.2. The van der Waals surface area contributed by atoms with Gasteiger partial charge in [-0.1, -0.05) is 55.7 Å². The molecule has 164 valence electrons. The molecule has 2 aliphatic heterocycles. The predicted molar refractivity (Wildman–Crippen MR) is 127 cm³/mol. The Morgan fingerprint density at radius 2 is 1.65 bits per heavy atom. The molecule has 2 heterocycles. The number of carbonyl (C=O) groups excluding carboxylic acids is 1. The molecule has 1 aliphatic carbocycles. The van der Waals surface area contributed by atoms with Gasteiger partial charge in [0.15, 0.2) is 0 Å². The van der Waals surface area contributed by atoms with Crippen molar-refractivity contribution in [2.75, 3.05) is 31.1 Å². The van der Waals surface area contributed by atoms with Gasteiger partial charge in [-0.3, -0.25) is 4.90 Å². The number of carbonyl (C=O) groups is 1. The molecular weight excluding hydrogens is 382 g/mol. The van der Waals surface area contributed by atoms with Gasteiger partial charge in [0, 0.05) is 37.9 Å². The van der Waals surface area contributed by atoms with Crippen LogP contribution in [0, 0.1) is 5.92 Å². The van der Waals surface area contributed by atoms with E-state index in [9.17, 15) is 4.79 Å². The minimum absolute atomic E-state index is 0.0805. The van der Waals surface area contributed by atoms with Crippen molar-refractivity contribution in [3.05, 3.63) is 54.1 Å². The number of benzene rings is 2. The first-order chi connectivity index (χ1) is 15.3. The van der Waals surface area contributed by atoms with E-state index < -0.39 is 0 Å². The SMILES string of the molecule is O=C(NC1CCN(CC2CCCCC2)CC1)N1CCc2cc(-c3ccccc3)ccc21. The van der Waals surface area contributed by atoms with E-state index in [-0.39, 0.29) is 6.03 Å². The minimum atomic E-state index is 0.0805. The Kier molecular flexibility index (Phi) is 6.26. The number of hydrogen-bond acceptors (Lipinski definition) is 2. The zero-order chi connectivity index (χ0) is 21.0. The highest BCUT2D eigenvalue weighted by molar-refractivity contribution is 5.95. The number of hydrogen-bond donors (Lipinski definition) is 1. The molecule has 0 atom stereocenters. The summed E-state index contributed by atoms with van der Waals surface area (Å²) >= 11 is 0. The number of anilines is 1. The van der Waals surface area contributed by atoms with Crippen LogP contribution in [-0.2, 0) is 6.42 Å². The Bertz CT molecular complexity index is 883. The molecule has 5 rings (SSSR count). The Balaban J connectivity index is 1.14. The van der Waals surface area contributed by atoms with Crippen molar-refractivity contribution < 1.29 is 4.79 Å². The van der Waals surface area contributed by atoms with E-state index in [0.717, 1.165) is 50.5 Å². The summed E-state index contributed by atoms with van der Waals surface area (Å²) in [6.07, 6.45) is 10.2. The molecule has 2 aromatic rings. The molecular formula is C27H35N3O. The highest BCUT2D eigenvalue weighted by Gasteiger charge is 2.28. The van der Waals surface area contributed by atoms with Gasteiger partial charge in [0.05, 0.1) is 0 Å². The van der Waals surface area contributed by atoms with E-state index >= 15 is 0 Å². The number of urea groups is 1. The van der Waals surface area contributed by atoms with Crippen LogP contribution in [0.4, 0.5) is 10.5 Å². The maximum absolute atomic E-state index is 13.0. The van der Waals surface area contributed by atoms with Gasteiger partial charge in [-0.2, -0.15) is 0 Å². The smallest absolute Gasteiger partial charge is 0.322 e.